The van der Waals surface area contributed by atoms with E-state index in [1.807, 2.05) is 25.0 Å². The van der Waals surface area contributed by atoms with Gasteiger partial charge < -0.3 is 4.55 Å². The average molecular weight is 196 g/mol. The zero-order valence-corrected chi connectivity index (χ0v) is 8.19. The highest BCUT2D eigenvalue weighted by molar-refractivity contribution is 8.34. The van der Waals surface area contributed by atoms with E-state index in [1.165, 1.54) is 0 Å². The zero-order chi connectivity index (χ0) is 12.4. The monoisotopic (exact) mass is 196 g/mol. The number of rotatable bonds is 1. The molecule has 1 rings (SSSR count). The van der Waals surface area contributed by atoms with Gasteiger partial charge in [-0.1, -0.05) is 23.6 Å². The molecule has 1 aromatic rings. The lowest BCUT2D eigenvalue weighted by molar-refractivity contribution is 0.644. The molecule has 0 saturated heterocycles. The van der Waals surface area contributed by atoms with Crippen LogP contribution >= 0.6 is 10.3 Å². The molecule has 0 spiro atoms. The Morgan fingerprint density at radius 3 is 2.62 bits per heavy atom. The predicted molar refractivity (Wildman–Crippen MR) is 58.5 cm³/mol. The van der Waals surface area contributed by atoms with Crippen LogP contribution < -0.4 is 0 Å². The molecule has 0 aliphatic carbocycles. The molecule has 1 atom stereocenters. The van der Waals surface area contributed by atoms with Crippen LogP contribution in [0.5, 0.6) is 0 Å². The first kappa shape index (κ1) is 6.53. The second-order valence-electron chi connectivity index (χ2n) is 2.74. The summed E-state index contributed by atoms with van der Waals surface area (Å²) in [5.41, 5.74) is 1.06. The van der Waals surface area contributed by atoms with Crippen molar-refractivity contribution in [3.8, 4) is 11.2 Å². The van der Waals surface area contributed by atoms with E-state index in [0.717, 1.165) is 5.56 Å². The maximum absolute atomic E-state index is 9.99. The van der Waals surface area contributed by atoms with Crippen LogP contribution in [0.25, 0.3) is 0 Å². The van der Waals surface area contributed by atoms with Crippen LogP contribution in [0.3, 0.4) is 0 Å². The Balaban J connectivity index is 3.01. The smallest absolute Gasteiger partial charge is 0.0366 e. The quantitative estimate of drug-likeness (QED) is 0.682. The molecule has 2 heteroatoms. The second-order valence-corrected chi connectivity index (χ2v) is 4.82. The van der Waals surface area contributed by atoms with Gasteiger partial charge in [0.15, 0.2) is 0 Å². The van der Waals surface area contributed by atoms with Crippen LogP contribution in [0.15, 0.2) is 29.2 Å². The molecule has 69 valence electrons. The Hall–Kier alpha value is -0.910. The second kappa shape index (κ2) is 3.87. The average Bonchev–Trinajstić information content (AvgIpc) is 2.15. The number of aryl methyl sites for hydroxylation is 1. The Bertz CT molecular complexity index is 423. The molecule has 0 heterocycles. The lowest BCUT2D eigenvalue weighted by Crippen LogP contribution is -1.90. The SMILES string of the molecule is [2H]C([2H])([2H])C#CS([CH2])(O)c1ccc(C)cc1. The van der Waals surface area contributed by atoms with Crippen molar-refractivity contribution < 1.29 is 8.67 Å². The van der Waals surface area contributed by atoms with Crippen molar-refractivity contribution in [2.45, 2.75) is 18.7 Å². The fraction of sp³-hybridized carbons (Fsp3) is 0.182. The number of hydrogen-bond acceptors (Lipinski definition) is 1. The summed E-state index contributed by atoms with van der Waals surface area (Å²) in [4.78, 5) is 0.565. The summed E-state index contributed by atoms with van der Waals surface area (Å²) in [5, 5.41) is 2.35. The zero-order valence-electron chi connectivity index (χ0n) is 10.4. The van der Waals surface area contributed by atoms with E-state index >= 15 is 0 Å². The van der Waals surface area contributed by atoms with E-state index in [9.17, 15) is 4.55 Å². The minimum absolute atomic E-state index is 0.565. The van der Waals surface area contributed by atoms with Gasteiger partial charge in [0.1, 0.15) is 0 Å². The predicted octanol–water partition coefficient (Wildman–Crippen LogP) is 3.40. The molecule has 0 amide bonds. The molecule has 1 aromatic carbocycles. The molecule has 13 heavy (non-hydrogen) atoms. The van der Waals surface area contributed by atoms with Crippen molar-refractivity contribution in [1.82, 2.24) is 0 Å². The molecule has 0 aromatic heterocycles. The molecular weight excluding hydrogens is 180 g/mol. The molecular formula is C11H13OS. The van der Waals surface area contributed by atoms with Gasteiger partial charge in [-0.05, 0) is 41.5 Å². The standard InChI is InChI=1S/C11H13OS/c1-4-9-13(3,12)11-7-5-10(2)6-8-11/h5-8,12H,3H2,1-2H3/i1D3. The molecule has 1 nitrogen and oxygen atoms in total. The maximum atomic E-state index is 9.99. The highest BCUT2D eigenvalue weighted by Gasteiger charge is 2.12. The third kappa shape index (κ3) is 2.51. The Kier molecular flexibility index (Phi) is 1.94. The lowest BCUT2D eigenvalue weighted by Gasteiger charge is -2.21. The van der Waals surface area contributed by atoms with Crippen LogP contribution in [0.4, 0.5) is 0 Å². The molecule has 1 N–H and O–H groups in total. The Morgan fingerprint density at radius 2 is 2.08 bits per heavy atom. The van der Waals surface area contributed by atoms with Gasteiger partial charge in [-0.3, -0.25) is 0 Å². The minimum atomic E-state index is -2.58. The van der Waals surface area contributed by atoms with E-state index < -0.39 is 17.2 Å². The first-order valence-corrected chi connectivity index (χ1v) is 5.46. The van der Waals surface area contributed by atoms with E-state index in [-0.39, 0.29) is 0 Å². The van der Waals surface area contributed by atoms with Crippen LogP contribution in [0.1, 0.15) is 16.5 Å². The molecule has 1 unspecified atom stereocenters. The summed E-state index contributed by atoms with van der Waals surface area (Å²) in [7, 11) is -2.58. The highest BCUT2D eigenvalue weighted by Crippen LogP contribution is 2.49. The van der Waals surface area contributed by atoms with Gasteiger partial charge >= 0.3 is 0 Å². The van der Waals surface area contributed by atoms with Gasteiger partial charge in [-0.25, -0.2) is 0 Å². The van der Waals surface area contributed by atoms with Crippen LogP contribution in [-0.4, -0.2) is 4.55 Å². The van der Waals surface area contributed by atoms with E-state index in [0.29, 0.717) is 4.90 Å². The largest absolute Gasteiger partial charge is 0.336 e. The van der Waals surface area contributed by atoms with Crippen molar-refractivity contribution in [2.24, 2.45) is 0 Å². The van der Waals surface area contributed by atoms with Crippen LogP contribution in [-0.2, 0) is 0 Å². The molecule has 0 aliphatic rings. The van der Waals surface area contributed by atoms with Gasteiger partial charge in [-0.2, -0.15) is 0 Å². The molecule has 0 aliphatic heterocycles. The van der Waals surface area contributed by atoms with Crippen molar-refractivity contribution >= 4 is 10.3 Å². The van der Waals surface area contributed by atoms with Gasteiger partial charge in [0.05, 0.1) is 0 Å². The van der Waals surface area contributed by atoms with Gasteiger partial charge in [-0.15, -0.1) is 0 Å². The third-order valence-corrected chi connectivity index (χ3v) is 3.12. The fourth-order valence-electron chi connectivity index (χ4n) is 0.907. The van der Waals surface area contributed by atoms with Crippen molar-refractivity contribution in [3.05, 3.63) is 36.1 Å². The lowest BCUT2D eigenvalue weighted by atomic mass is 10.2. The molecule has 0 fully saturated rings. The summed E-state index contributed by atoms with van der Waals surface area (Å²) in [6.07, 6.45) is 3.59. The van der Waals surface area contributed by atoms with Crippen molar-refractivity contribution in [3.63, 3.8) is 0 Å². The van der Waals surface area contributed by atoms with Gasteiger partial charge in [0.25, 0.3) is 0 Å². The van der Waals surface area contributed by atoms with E-state index in [1.54, 1.807) is 12.1 Å². The third-order valence-electron chi connectivity index (χ3n) is 1.63. The summed E-state index contributed by atoms with van der Waals surface area (Å²) in [6, 6.07) is 7.09. The minimum Gasteiger partial charge on any atom is -0.336 e. The molecule has 1 radical (unpaired) electrons. The summed E-state index contributed by atoms with van der Waals surface area (Å²) < 4.78 is 30.8. The van der Waals surface area contributed by atoms with Crippen molar-refractivity contribution in [1.29, 1.82) is 0 Å². The van der Waals surface area contributed by atoms with Gasteiger partial charge in [0, 0.05) is 15.3 Å². The summed E-state index contributed by atoms with van der Waals surface area (Å²) >= 11 is 0. The Morgan fingerprint density at radius 1 is 1.46 bits per heavy atom. The normalized spacial score (nSPS) is 21.0. The first-order chi connectivity index (χ1) is 7.21. The van der Waals surface area contributed by atoms with Crippen LogP contribution in [0.2, 0.25) is 0 Å². The highest BCUT2D eigenvalue weighted by atomic mass is 32.3. The maximum Gasteiger partial charge on any atom is 0.0366 e. The van der Waals surface area contributed by atoms with Crippen LogP contribution in [0, 0.1) is 24.4 Å². The summed E-state index contributed by atoms with van der Waals surface area (Å²) in [6.45, 7) is -0.432. The molecule has 0 saturated carbocycles. The van der Waals surface area contributed by atoms with E-state index in [2.05, 4.69) is 11.5 Å². The van der Waals surface area contributed by atoms with Crippen molar-refractivity contribution in [2.75, 3.05) is 0 Å². The first-order valence-electron chi connectivity index (χ1n) is 5.20. The Labute approximate surface area is 85.5 Å². The van der Waals surface area contributed by atoms with Gasteiger partial charge in [0.2, 0.25) is 0 Å². The topological polar surface area (TPSA) is 20.2 Å². The van der Waals surface area contributed by atoms with E-state index in [4.69, 9.17) is 4.11 Å². The number of benzene rings is 1. The fourth-order valence-corrected chi connectivity index (χ4v) is 1.78. The molecule has 0 bridgehead atoms. The number of hydrogen-bond donors (Lipinski definition) is 1. The summed E-state index contributed by atoms with van der Waals surface area (Å²) in [5.74, 6) is 2.05.